The first-order valence-electron chi connectivity index (χ1n) is 9.26. The lowest BCUT2D eigenvalue weighted by molar-refractivity contribution is 0.153. The molecule has 148 valence electrons. The monoisotopic (exact) mass is 392 g/mol. The van der Waals surface area contributed by atoms with Crippen LogP contribution in [0.4, 0.5) is 9.59 Å². The normalized spacial score (nSPS) is 14.4. The van der Waals surface area contributed by atoms with Crippen molar-refractivity contribution in [2.24, 2.45) is 5.92 Å². The minimum Gasteiger partial charge on any atom is -0.395 e. The third-order valence-corrected chi connectivity index (χ3v) is 5.53. The highest BCUT2D eigenvalue weighted by Crippen LogP contribution is 2.51. The highest BCUT2D eigenvalue weighted by molar-refractivity contribution is 5.74. The van der Waals surface area contributed by atoms with Crippen molar-refractivity contribution in [2.75, 3.05) is 0 Å². The van der Waals surface area contributed by atoms with E-state index in [1.165, 1.54) is 0 Å². The minimum absolute atomic E-state index is 0.0193. The van der Waals surface area contributed by atoms with Gasteiger partial charge in [0.25, 0.3) is 0 Å². The van der Waals surface area contributed by atoms with Gasteiger partial charge in [0, 0.05) is 16.5 Å². The fraction of sp³-hybridized carbons (Fsp3) is 0.217. The van der Waals surface area contributed by atoms with Crippen molar-refractivity contribution in [3.8, 4) is 23.0 Å². The molecule has 2 aromatic rings. The van der Waals surface area contributed by atoms with E-state index in [1.807, 2.05) is 19.1 Å². The zero-order valence-corrected chi connectivity index (χ0v) is 16.0. The zero-order chi connectivity index (χ0) is 20.6. The molecule has 0 N–H and O–H groups in total. The van der Waals surface area contributed by atoms with Gasteiger partial charge in [-0.2, -0.15) is 0 Å². The van der Waals surface area contributed by atoms with Crippen LogP contribution in [0.25, 0.3) is 0 Å². The Morgan fingerprint density at radius 1 is 0.828 bits per heavy atom. The fourth-order valence-corrected chi connectivity index (χ4v) is 4.10. The van der Waals surface area contributed by atoms with Gasteiger partial charge < -0.3 is 18.9 Å². The van der Waals surface area contributed by atoms with Crippen LogP contribution < -0.4 is 18.9 Å². The number of benzene rings is 2. The number of carbonyl (C=O) groups is 2. The van der Waals surface area contributed by atoms with Crippen LogP contribution in [-0.2, 0) is 5.41 Å². The molecule has 6 rings (SSSR count). The Bertz CT molecular complexity index is 945. The summed E-state index contributed by atoms with van der Waals surface area (Å²) >= 11 is 0. The summed E-state index contributed by atoms with van der Waals surface area (Å²) in [6.07, 6.45) is 3.41. The predicted octanol–water partition coefficient (Wildman–Crippen LogP) is 5.54. The highest BCUT2D eigenvalue weighted by Gasteiger charge is 2.43. The van der Waals surface area contributed by atoms with Crippen molar-refractivity contribution < 1.29 is 28.5 Å². The summed E-state index contributed by atoms with van der Waals surface area (Å²) in [5.74, 6) is 1.53. The number of rotatable bonds is 7. The van der Waals surface area contributed by atoms with Crippen molar-refractivity contribution in [3.05, 3.63) is 72.8 Å². The quantitative estimate of drug-likeness (QED) is 0.350. The maximum atomic E-state index is 11.9. The SMILES string of the molecule is C=CCC(CC=C)C(C)(c1cc2ccc1OC(=O)O2)c1cc2ccc1OC(=O)O2. The molecule has 29 heavy (non-hydrogen) atoms. The second-order valence-electron chi connectivity index (χ2n) is 7.17. The van der Waals surface area contributed by atoms with Crippen LogP contribution >= 0.6 is 0 Å². The summed E-state index contributed by atoms with van der Waals surface area (Å²) in [7, 11) is 0. The van der Waals surface area contributed by atoms with E-state index in [9.17, 15) is 9.59 Å². The number of ether oxygens (including phenoxy) is 4. The molecule has 6 heteroatoms. The second-order valence-corrected chi connectivity index (χ2v) is 7.17. The Morgan fingerprint density at radius 2 is 1.28 bits per heavy atom. The lowest BCUT2D eigenvalue weighted by Gasteiger charge is -2.39. The molecule has 0 spiro atoms. The summed E-state index contributed by atoms with van der Waals surface area (Å²) < 4.78 is 21.2. The van der Waals surface area contributed by atoms with Gasteiger partial charge in [-0.15, -0.1) is 13.2 Å². The van der Waals surface area contributed by atoms with E-state index in [4.69, 9.17) is 18.9 Å². The van der Waals surface area contributed by atoms with Gasteiger partial charge in [-0.25, -0.2) is 9.59 Å². The largest absolute Gasteiger partial charge is 0.519 e. The summed E-state index contributed by atoms with van der Waals surface area (Å²) in [5.41, 5.74) is 0.748. The van der Waals surface area contributed by atoms with E-state index < -0.39 is 17.7 Å². The van der Waals surface area contributed by atoms with E-state index in [2.05, 4.69) is 13.2 Å². The van der Waals surface area contributed by atoms with E-state index >= 15 is 0 Å². The lowest BCUT2D eigenvalue weighted by atomic mass is 9.64. The lowest BCUT2D eigenvalue weighted by Crippen LogP contribution is -2.34. The van der Waals surface area contributed by atoms with Crippen molar-refractivity contribution >= 4 is 12.3 Å². The van der Waals surface area contributed by atoms with E-state index in [-0.39, 0.29) is 5.92 Å². The number of fused-ring (bicyclic) bond motifs is 8. The van der Waals surface area contributed by atoms with E-state index in [0.29, 0.717) is 35.8 Å². The average Bonchev–Trinajstić information content (AvgIpc) is 3.12. The van der Waals surface area contributed by atoms with Gasteiger partial charge in [-0.05, 0) is 55.2 Å². The molecule has 6 nitrogen and oxygen atoms in total. The average molecular weight is 392 g/mol. The van der Waals surface area contributed by atoms with Crippen LogP contribution in [0.3, 0.4) is 0 Å². The van der Waals surface area contributed by atoms with Gasteiger partial charge in [0.15, 0.2) is 0 Å². The Morgan fingerprint density at radius 3 is 1.69 bits per heavy atom. The Balaban J connectivity index is 1.99. The third-order valence-electron chi connectivity index (χ3n) is 5.53. The van der Waals surface area contributed by atoms with Crippen molar-refractivity contribution in [1.82, 2.24) is 0 Å². The molecular weight excluding hydrogens is 372 g/mol. The molecule has 0 aliphatic carbocycles. The first-order valence-corrected chi connectivity index (χ1v) is 9.26. The molecule has 0 amide bonds. The van der Waals surface area contributed by atoms with Crippen molar-refractivity contribution in [1.29, 1.82) is 0 Å². The summed E-state index contributed by atoms with van der Waals surface area (Å²) in [6.45, 7) is 9.82. The maximum absolute atomic E-state index is 11.9. The second kappa shape index (κ2) is 7.13. The van der Waals surface area contributed by atoms with Crippen LogP contribution in [0, 0.1) is 5.92 Å². The smallest absolute Gasteiger partial charge is 0.395 e. The molecule has 0 saturated heterocycles. The standard InChI is InChI=1S/C23H20O6/c1-4-6-14(7-5-2)23(3,17-12-15-8-10-19(17)28-21(24)26-15)18-13-16-9-11-20(18)29-22(25)27-16/h4-5,8-14H,1-2,6-7H2,3H3. The van der Waals surface area contributed by atoms with Gasteiger partial charge in [-0.1, -0.05) is 19.1 Å². The molecule has 0 fully saturated rings. The molecule has 4 aliphatic heterocycles. The Hall–Kier alpha value is -3.54. The molecule has 0 saturated carbocycles. The van der Waals surface area contributed by atoms with Crippen LogP contribution in [0.1, 0.15) is 30.9 Å². The van der Waals surface area contributed by atoms with Crippen LogP contribution in [-0.4, -0.2) is 12.3 Å². The first kappa shape index (κ1) is 18.8. The Kier molecular flexibility index (Phi) is 4.62. The number of carbonyl (C=O) groups excluding carboxylic acids is 2. The molecular formula is C23H20O6. The predicted molar refractivity (Wildman–Crippen MR) is 106 cm³/mol. The molecule has 4 aliphatic rings. The van der Waals surface area contributed by atoms with Gasteiger partial charge in [-0.3, -0.25) is 0 Å². The molecule has 4 bridgehead atoms. The van der Waals surface area contributed by atoms with Crippen LogP contribution in [0.2, 0.25) is 0 Å². The third kappa shape index (κ3) is 3.16. The summed E-state index contributed by atoms with van der Waals surface area (Å²) in [4.78, 5) is 23.8. The molecule has 2 aromatic carbocycles. The van der Waals surface area contributed by atoms with E-state index in [0.717, 1.165) is 11.1 Å². The van der Waals surface area contributed by atoms with Gasteiger partial charge >= 0.3 is 12.3 Å². The summed E-state index contributed by atoms with van der Waals surface area (Å²) in [6, 6.07) is 10.3. The Labute approximate surface area is 168 Å². The van der Waals surface area contributed by atoms with Crippen molar-refractivity contribution in [2.45, 2.75) is 25.2 Å². The molecule has 0 radical (unpaired) electrons. The molecule has 0 aromatic heterocycles. The minimum atomic E-state index is -0.786. The van der Waals surface area contributed by atoms with Gasteiger partial charge in [0.2, 0.25) is 0 Å². The van der Waals surface area contributed by atoms with Crippen molar-refractivity contribution in [3.63, 3.8) is 0 Å². The van der Waals surface area contributed by atoms with Gasteiger partial charge in [0.1, 0.15) is 23.0 Å². The topological polar surface area (TPSA) is 71.1 Å². The molecule has 4 heterocycles. The highest BCUT2D eigenvalue weighted by atomic mass is 16.7. The number of hydrogen-bond donors (Lipinski definition) is 0. The summed E-state index contributed by atoms with van der Waals surface area (Å²) in [5, 5.41) is 0. The fourth-order valence-electron chi connectivity index (χ4n) is 4.10. The van der Waals surface area contributed by atoms with Crippen LogP contribution in [0.15, 0.2) is 61.7 Å². The number of allylic oxidation sites excluding steroid dienone is 2. The molecule has 0 atom stereocenters. The maximum Gasteiger partial charge on any atom is 0.519 e. The van der Waals surface area contributed by atoms with E-state index in [1.54, 1.807) is 36.4 Å². The van der Waals surface area contributed by atoms with Gasteiger partial charge in [0.05, 0.1) is 0 Å². The zero-order valence-electron chi connectivity index (χ0n) is 16.0. The molecule has 0 unspecified atom stereocenters. The van der Waals surface area contributed by atoms with Crippen LogP contribution in [0.5, 0.6) is 23.0 Å². The first-order chi connectivity index (χ1) is 14.0. The number of hydrogen-bond acceptors (Lipinski definition) is 6.